The van der Waals surface area contributed by atoms with Crippen LogP contribution in [-0.2, 0) is 4.79 Å². The molecule has 3 nitrogen and oxygen atoms in total. The zero-order valence-corrected chi connectivity index (χ0v) is 15.4. The molecule has 0 saturated carbocycles. The average molecular weight is 325 g/mol. The summed E-state index contributed by atoms with van der Waals surface area (Å²) in [6, 6.07) is 12.2. The largest absolute Gasteiger partial charge is 0.481 e. The van der Waals surface area contributed by atoms with Gasteiger partial charge in [-0.15, -0.1) is 0 Å². The number of nitrogens with one attached hydrogen (secondary N) is 1. The Morgan fingerprint density at radius 1 is 0.917 bits per heavy atom. The third kappa shape index (κ3) is 4.38. The summed E-state index contributed by atoms with van der Waals surface area (Å²) in [7, 11) is 0. The minimum atomic E-state index is -0.542. The van der Waals surface area contributed by atoms with Crippen LogP contribution in [0.2, 0.25) is 0 Å². The maximum Gasteiger partial charge on any atom is 0.261 e. The van der Waals surface area contributed by atoms with Gasteiger partial charge in [0, 0.05) is 0 Å². The van der Waals surface area contributed by atoms with E-state index in [4.69, 9.17) is 4.74 Å². The summed E-state index contributed by atoms with van der Waals surface area (Å²) < 4.78 is 5.86. The summed E-state index contributed by atoms with van der Waals surface area (Å²) in [6.07, 6.45) is -0.542. The molecule has 128 valence electrons. The van der Waals surface area contributed by atoms with Crippen molar-refractivity contribution in [2.75, 3.05) is 0 Å². The van der Waals surface area contributed by atoms with Gasteiger partial charge in [-0.2, -0.15) is 0 Å². The summed E-state index contributed by atoms with van der Waals surface area (Å²) >= 11 is 0. The van der Waals surface area contributed by atoms with Crippen molar-refractivity contribution in [3.8, 4) is 5.75 Å². The van der Waals surface area contributed by atoms with Crippen molar-refractivity contribution < 1.29 is 9.53 Å². The SMILES string of the molecule is Cc1ccc(C)c(O[C@H](C)C(=O)N[C@H](C)c2ccc(C)c(C)c2)c1. The van der Waals surface area contributed by atoms with Crippen LogP contribution in [0.15, 0.2) is 36.4 Å². The van der Waals surface area contributed by atoms with Gasteiger partial charge in [0.1, 0.15) is 5.75 Å². The molecule has 0 radical (unpaired) electrons. The Morgan fingerprint density at radius 3 is 2.25 bits per heavy atom. The lowest BCUT2D eigenvalue weighted by Gasteiger charge is -2.20. The predicted octanol–water partition coefficient (Wildman–Crippen LogP) is 4.56. The molecule has 0 aliphatic rings. The van der Waals surface area contributed by atoms with Gasteiger partial charge in [-0.1, -0.05) is 30.3 Å². The predicted molar refractivity (Wildman–Crippen MR) is 98.5 cm³/mol. The Balaban J connectivity index is 2.02. The van der Waals surface area contributed by atoms with E-state index in [0.29, 0.717) is 0 Å². The molecule has 0 spiro atoms. The van der Waals surface area contributed by atoms with E-state index in [9.17, 15) is 4.79 Å². The number of amides is 1. The molecule has 2 aromatic carbocycles. The fourth-order valence-corrected chi connectivity index (χ4v) is 2.53. The van der Waals surface area contributed by atoms with Crippen LogP contribution in [0.4, 0.5) is 0 Å². The van der Waals surface area contributed by atoms with Crippen LogP contribution in [0, 0.1) is 27.7 Å². The first-order valence-electron chi connectivity index (χ1n) is 8.39. The summed E-state index contributed by atoms with van der Waals surface area (Å²) in [4.78, 5) is 12.4. The highest BCUT2D eigenvalue weighted by Gasteiger charge is 2.18. The average Bonchev–Trinajstić information content (AvgIpc) is 2.53. The maximum atomic E-state index is 12.4. The third-order valence-corrected chi connectivity index (χ3v) is 4.41. The van der Waals surface area contributed by atoms with Gasteiger partial charge in [-0.3, -0.25) is 4.79 Å². The molecule has 0 fully saturated rings. The topological polar surface area (TPSA) is 38.3 Å². The second-order valence-corrected chi connectivity index (χ2v) is 6.60. The molecule has 0 aliphatic carbocycles. The minimum absolute atomic E-state index is 0.0542. The van der Waals surface area contributed by atoms with E-state index in [0.717, 1.165) is 22.4 Å². The fourth-order valence-electron chi connectivity index (χ4n) is 2.53. The maximum absolute atomic E-state index is 12.4. The monoisotopic (exact) mass is 325 g/mol. The molecule has 1 amide bonds. The van der Waals surface area contributed by atoms with E-state index >= 15 is 0 Å². The van der Waals surface area contributed by atoms with Crippen LogP contribution in [0.5, 0.6) is 5.75 Å². The van der Waals surface area contributed by atoms with Gasteiger partial charge in [0.05, 0.1) is 6.04 Å². The number of hydrogen-bond acceptors (Lipinski definition) is 2. The molecule has 0 heterocycles. The van der Waals surface area contributed by atoms with E-state index in [1.807, 2.05) is 39.0 Å². The van der Waals surface area contributed by atoms with Crippen LogP contribution < -0.4 is 10.1 Å². The molecular formula is C21H27NO2. The van der Waals surface area contributed by atoms with E-state index in [2.05, 4.69) is 37.4 Å². The van der Waals surface area contributed by atoms with E-state index in [1.165, 1.54) is 11.1 Å². The van der Waals surface area contributed by atoms with Crippen molar-refractivity contribution in [1.29, 1.82) is 0 Å². The molecule has 0 aromatic heterocycles. The molecule has 1 N–H and O–H groups in total. The minimum Gasteiger partial charge on any atom is -0.481 e. The molecule has 24 heavy (non-hydrogen) atoms. The third-order valence-electron chi connectivity index (χ3n) is 4.41. The fraction of sp³-hybridized carbons (Fsp3) is 0.381. The van der Waals surface area contributed by atoms with Gasteiger partial charge in [-0.25, -0.2) is 0 Å². The van der Waals surface area contributed by atoms with Crippen LogP contribution in [-0.4, -0.2) is 12.0 Å². The number of rotatable bonds is 5. The van der Waals surface area contributed by atoms with Crippen molar-refractivity contribution in [2.24, 2.45) is 0 Å². The highest BCUT2D eigenvalue weighted by molar-refractivity contribution is 5.81. The van der Waals surface area contributed by atoms with Crippen LogP contribution in [0.25, 0.3) is 0 Å². The van der Waals surface area contributed by atoms with Gasteiger partial charge in [0.15, 0.2) is 6.10 Å². The highest BCUT2D eigenvalue weighted by Crippen LogP contribution is 2.21. The number of carbonyl (C=O) groups is 1. The molecule has 2 atom stereocenters. The van der Waals surface area contributed by atoms with Gasteiger partial charge < -0.3 is 10.1 Å². The highest BCUT2D eigenvalue weighted by atomic mass is 16.5. The zero-order valence-electron chi connectivity index (χ0n) is 15.4. The lowest BCUT2D eigenvalue weighted by molar-refractivity contribution is -0.127. The first-order chi connectivity index (χ1) is 11.3. The second-order valence-electron chi connectivity index (χ2n) is 6.60. The summed E-state index contributed by atoms with van der Waals surface area (Å²) in [6.45, 7) is 11.9. The molecule has 0 aliphatic heterocycles. The molecule has 0 saturated heterocycles. The van der Waals surface area contributed by atoms with Gasteiger partial charge in [0.2, 0.25) is 0 Å². The number of ether oxygens (including phenoxy) is 1. The molecule has 3 heteroatoms. The van der Waals surface area contributed by atoms with Crippen LogP contribution >= 0.6 is 0 Å². The number of aryl methyl sites for hydroxylation is 4. The Hall–Kier alpha value is -2.29. The van der Waals surface area contributed by atoms with Gasteiger partial charge >= 0.3 is 0 Å². The van der Waals surface area contributed by atoms with Crippen molar-refractivity contribution in [2.45, 2.75) is 53.7 Å². The molecule has 0 bridgehead atoms. The normalized spacial score (nSPS) is 13.2. The number of benzene rings is 2. The van der Waals surface area contributed by atoms with E-state index in [-0.39, 0.29) is 11.9 Å². The van der Waals surface area contributed by atoms with Gasteiger partial charge in [-0.05, 0) is 75.4 Å². The molecule has 2 rings (SSSR count). The van der Waals surface area contributed by atoms with Crippen molar-refractivity contribution in [3.63, 3.8) is 0 Å². The van der Waals surface area contributed by atoms with Crippen molar-refractivity contribution in [3.05, 3.63) is 64.2 Å². The molecule has 0 unspecified atom stereocenters. The lowest BCUT2D eigenvalue weighted by atomic mass is 10.0. The Labute approximate surface area is 145 Å². The Kier molecular flexibility index (Phi) is 5.66. The van der Waals surface area contributed by atoms with E-state index in [1.54, 1.807) is 6.92 Å². The Bertz CT molecular complexity index is 737. The van der Waals surface area contributed by atoms with Crippen LogP contribution in [0.1, 0.15) is 47.7 Å². The molecular weight excluding hydrogens is 298 g/mol. The lowest BCUT2D eigenvalue weighted by Crippen LogP contribution is -2.37. The zero-order chi connectivity index (χ0) is 17.9. The standard InChI is InChI=1S/C21H27NO2/c1-13-7-8-15(3)20(11-13)24-18(6)21(23)22-17(5)19-10-9-14(2)16(4)12-19/h7-12,17-18H,1-6H3,(H,22,23)/t17-,18-/m1/s1. The van der Waals surface area contributed by atoms with Crippen LogP contribution in [0.3, 0.4) is 0 Å². The van der Waals surface area contributed by atoms with Crippen molar-refractivity contribution >= 4 is 5.91 Å². The van der Waals surface area contributed by atoms with E-state index < -0.39 is 6.10 Å². The molecule has 2 aromatic rings. The summed E-state index contributed by atoms with van der Waals surface area (Å²) in [5.74, 6) is 0.651. The first kappa shape index (κ1) is 18.1. The second kappa shape index (κ2) is 7.52. The smallest absolute Gasteiger partial charge is 0.261 e. The first-order valence-corrected chi connectivity index (χ1v) is 8.39. The van der Waals surface area contributed by atoms with Gasteiger partial charge in [0.25, 0.3) is 5.91 Å². The quantitative estimate of drug-likeness (QED) is 0.875. The summed E-state index contributed by atoms with van der Waals surface area (Å²) in [5, 5.41) is 3.03. The number of hydrogen-bond donors (Lipinski definition) is 1. The Morgan fingerprint density at radius 2 is 1.58 bits per heavy atom. The number of carbonyl (C=O) groups excluding carboxylic acids is 1. The summed E-state index contributed by atoms with van der Waals surface area (Å²) in [5.41, 5.74) is 5.73. The van der Waals surface area contributed by atoms with Crippen molar-refractivity contribution in [1.82, 2.24) is 5.32 Å².